The largest absolute Gasteiger partial charge is 0.436 e. The predicted molar refractivity (Wildman–Crippen MR) is 142 cm³/mol. The lowest BCUT2D eigenvalue weighted by Gasteiger charge is -2.35. The van der Waals surface area contributed by atoms with E-state index in [1.807, 2.05) is 19.9 Å². The minimum absolute atomic E-state index is 0.0413. The summed E-state index contributed by atoms with van der Waals surface area (Å²) in [6.45, 7) is 5.48. The van der Waals surface area contributed by atoms with Gasteiger partial charge in [-0.3, -0.25) is 4.79 Å². The molecule has 0 bridgehead atoms. The lowest BCUT2D eigenvalue weighted by Crippen LogP contribution is -2.43. The Hall–Kier alpha value is -2.92. The number of hydrogen-bond acceptors (Lipinski definition) is 4. The molecule has 2 unspecified atom stereocenters. The molecule has 11 heteroatoms. The van der Waals surface area contributed by atoms with Crippen molar-refractivity contribution in [3.63, 3.8) is 0 Å². The number of carbonyl (C=O) groups is 1. The molecule has 2 atom stereocenters. The average Bonchev–Trinajstić information content (AvgIpc) is 3.28. The molecular weight excluding hydrogens is 529 g/mol. The van der Waals surface area contributed by atoms with Crippen molar-refractivity contribution in [2.45, 2.75) is 51.0 Å². The number of rotatable bonds is 5. The van der Waals surface area contributed by atoms with Gasteiger partial charge in [0.25, 0.3) is 5.91 Å². The number of hydrogen-bond donors (Lipinski definition) is 0. The smallest absolute Gasteiger partial charge is 0.338 e. The van der Waals surface area contributed by atoms with Crippen LogP contribution in [-0.4, -0.2) is 59.3 Å². The second kappa shape index (κ2) is 10.6. The first-order valence-electron chi connectivity index (χ1n) is 13.3. The van der Waals surface area contributed by atoms with E-state index in [2.05, 4.69) is 5.10 Å². The van der Waals surface area contributed by atoms with Gasteiger partial charge in [0.15, 0.2) is 5.69 Å². The van der Waals surface area contributed by atoms with Crippen LogP contribution in [0.4, 0.5) is 13.2 Å². The van der Waals surface area contributed by atoms with Crippen molar-refractivity contribution in [1.82, 2.24) is 18.8 Å². The number of pyridine rings is 1. The summed E-state index contributed by atoms with van der Waals surface area (Å²) < 4.78 is 70.6. The second-order valence-electron chi connectivity index (χ2n) is 11.1. The Morgan fingerprint density at radius 1 is 1.03 bits per heavy atom. The summed E-state index contributed by atoms with van der Waals surface area (Å²) in [7, 11) is -3.49. The Kier molecular flexibility index (Phi) is 7.49. The summed E-state index contributed by atoms with van der Waals surface area (Å²) in [6, 6.07) is 12.4. The molecule has 5 rings (SSSR count). The van der Waals surface area contributed by atoms with Crippen LogP contribution in [0.25, 0.3) is 5.52 Å². The fourth-order valence-electron chi connectivity index (χ4n) is 6.06. The minimum atomic E-state index is -4.78. The van der Waals surface area contributed by atoms with Gasteiger partial charge in [-0.1, -0.05) is 44.2 Å². The maximum Gasteiger partial charge on any atom is 0.436 e. The van der Waals surface area contributed by atoms with Gasteiger partial charge in [-0.15, -0.1) is 0 Å². The van der Waals surface area contributed by atoms with Crippen LogP contribution in [0.15, 0.2) is 48.7 Å². The molecule has 210 valence electrons. The molecule has 2 fully saturated rings. The van der Waals surface area contributed by atoms with Crippen molar-refractivity contribution in [2.24, 2.45) is 11.8 Å². The monoisotopic (exact) mass is 562 g/mol. The molecule has 7 nitrogen and oxygen atoms in total. The SMILES string of the molecule is CC1CC(C)CN(C(=O)c2c(C(F)(F)F)nn3ccc(C4CCN(S(=O)(=O)Cc5ccccc5)CC4)cc23)C1. The molecule has 0 N–H and O–H groups in total. The molecule has 1 aromatic carbocycles. The van der Waals surface area contributed by atoms with E-state index in [9.17, 15) is 26.4 Å². The first kappa shape index (κ1) is 27.6. The summed E-state index contributed by atoms with van der Waals surface area (Å²) >= 11 is 0. The fraction of sp³-hybridized carbons (Fsp3) is 0.500. The van der Waals surface area contributed by atoms with E-state index >= 15 is 0 Å². The maximum absolute atomic E-state index is 14.0. The Morgan fingerprint density at radius 3 is 2.28 bits per heavy atom. The highest BCUT2D eigenvalue weighted by Gasteiger charge is 2.42. The summed E-state index contributed by atoms with van der Waals surface area (Å²) in [6.07, 6.45) is -1.31. The topological polar surface area (TPSA) is 75.0 Å². The quantitative estimate of drug-likeness (QED) is 0.430. The van der Waals surface area contributed by atoms with E-state index in [-0.39, 0.29) is 29.0 Å². The van der Waals surface area contributed by atoms with Gasteiger partial charge < -0.3 is 4.90 Å². The number of amides is 1. The second-order valence-corrected chi connectivity index (χ2v) is 13.1. The lowest BCUT2D eigenvalue weighted by molar-refractivity contribution is -0.141. The third kappa shape index (κ3) is 5.84. The number of fused-ring (bicyclic) bond motifs is 1. The number of alkyl halides is 3. The Labute approximate surface area is 226 Å². The first-order valence-corrected chi connectivity index (χ1v) is 14.9. The molecule has 3 aromatic rings. The highest BCUT2D eigenvalue weighted by atomic mass is 32.2. The van der Waals surface area contributed by atoms with Crippen LogP contribution in [-0.2, 0) is 22.0 Å². The number of carbonyl (C=O) groups excluding carboxylic acids is 1. The molecule has 2 aliphatic heterocycles. The van der Waals surface area contributed by atoms with Gasteiger partial charge in [-0.2, -0.15) is 18.3 Å². The number of sulfonamides is 1. The zero-order valence-electron chi connectivity index (χ0n) is 22.1. The van der Waals surface area contributed by atoms with E-state index in [1.54, 1.807) is 36.4 Å². The Balaban J connectivity index is 1.40. The summed E-state index contributed by atoms with van der Waals surface area (Å²) in [5, 5.41) is 3.76. The van der Waals surface area contributed by atoms with Gasteiger partial charge in [0, 0.05) is 32.4 Å². The summed E-state index contributed by atoms with van der Waals surface area (Å²) in [5.41, 5.74) is 0.0624. The van der Waals surface area contributed by atoms with Crippen molar-refractivity contribution in [2.75, 3.05) is 26.2 Å². The van der Waals surface area contributed by atoms with Crippen molar-refractivity contribution < 1.29 is 26.4 Å². The van der Waals surface area contributed by atoms with Crippen LogP contribution in [0, 0.1) is 11.8 Å². The third-order valence-corrected chi connectivity index (χ3v) is 9.66. The van der Waals surface area contributed by atoms with Gasteiger partial charge in [0.1, 0.15) is 0 Å². The molecule has 2 saturated heterocycles. The van der Waals surface area contributed by atoms with Crippen LogP contribution in [0.2, 0.25) is 0 Å². The van der Waals surface area contributed by atoms with E-state index in [0.717, 1.165) is 22.1 Å². The van der Waals surface area contributed by atoms with Crippen molar-refractivity contribution >= 4 is 21.4 Å². The molecular formula is C28H33F3N4O3S. The van der Waals surface area contributed by atoms with Crippen LogP contribution in [0.5, 0.6) is 0 Å². The lowest BCUT2D eigenvalue weighted by atomic mass is 9.90. The van der Waals surface area contributed by atoms with Gasteiger partial charge in [-0.25, -0.2) is 17.2 Å². The Bertz CT molecular complexity index is 1440. The van der Waals surface area contributed by atoms with Crippen LogP contribution >= 0.6 is 0 Å². The van der Waals surface area contributed by atoms with Gasteiger partial charge in [0.05, 0.1) is 16.8 Å². The minimum Gasteiger partial charge on any atom is -0.338 e. The maximum atomic E-state index is 14.0. The number of aromatic nitrogens is 2. The number of piperidine rings is 2. The number of nitrogens with zero attached hydrogens (tertiary/aromatic N) is 4. The molecule has 0 saturated carbocycles. The summed E-state index contributed by atoms with van der Waals surface area (Å²) in [4.78, 5) is 15.0. The predicted octanol–water partition coefficient (Wildman–Crippen LogP) is 5.18. The van der Waals surface area contributed by atoms with Crippen molar-refractivity contribution in [3.8, 4) is 0 Å². The molecule has 4 heterocycles. The molecule has 0 radical (unpaired) electrons. The highest BCUT2D eigenvalue weighted by Crippen LogP contribution is 2.37. The highest BCUT2D eigenvalue weighted by molar-refractivity contribution is 7.88. The zero-order valence-corrected chi connectivity index (χ0v) is 22.9. The van der Waals surface area contributed by atoms with Crippen LogP contribution < -0.4 is 0 Å². The van der Waals surface area contributed by atoms with Gasteiger partial charge in [0.2, 0.25) is 10.0 Å². The van der Waals surface area contributed by atoms with Crippen molar-refractivity contribution in [1.29, 1.82) is 0 Å². The standard InChI is InChI=1S/C28H33F3N4O3S/c1-19-14-20(2)17-33(16-19)27(36)25-24-15-23(10-13-35(24)32-26(25)28(29,30)31)22-8-11-34(12-9-22)39(37,38)18-21-6-4-3-5-7-21/h3-7,10,13,15,19-20,22H,8-9,11-12,14,16-18H2,1-2H3. The number of likely N-dealkylation sites (tertiary alicyclic amines) is 1. The normalized spacial score (nSPS) is 21.9. The first-order chi connectivity index (χ1) is 18.4. The van der Waals surface area contributed by atoms with Gasteiger partial charge >= 0.3 is 6.18 Å². The van der Waals surface area contributed by atoms with Crippen molar-refractivity contribution in [3.05, 3.63) is 71.0 Å². The molecule has 2 aromatic heterocycles. The van der Waals surface area contributed by atoms with Crippen LogP contribution in [0.3, 0.4) is 0 Å². The van der Waals surface area contributed by atoms with E-state index in [1.165, 1.54) is 15.4 Å². The molecule has 0 aliphatic carbocycles. The van der Waals surface area contributed by atoms with E-state index < -0.39 is 33.4 Å². The Morgan fingerprint density at radius 2 is 1.67 bits per heavy atom. The molecule has 1 amide bonds. The fourth-order valence-corrected chi connectivity index (χ4v) is 7.62. The molecule has 0 spiro atoms. The average molecular weight is 563 g/mol. The number of halogens is 3. The summed E-state index contributed by atoms with van der Waals surface area (Å²) in [5.74, 6) is -0.352. The van der Waals surface area contributed by atoms with E-state index in [4.69, 9.17) is 0 Å². The zero-order chi connectivity index (χ0) is 27.9. The van der Waals surface area contributed by atoms with Gasteiger partial charge in [-0.05, 0) is 60.3 Å². The number of benzene rings is 1. The molecule has 2 aliphatic rings. The van der Waals surface area contributed by atoms with E-state index in [0.29, 0.717) is 39.0 Å². The third-order valence-electron chi connectivity index (χ3n) is 7.81. The molecule has 39 heavy (non-hydrogen) atoms. The van der Waals surface area contributed by atoms with Crippen LogP contribution in [0.1, 0.15) is 66.2 Å².